The van der Waals surface area contributed by atoms with Crippen molar-refractivity contribution >= 4 is 31.6 Å². The van der Waals surface area contributed by atoms with Gasteiger partial charge in [-0.3, -0.25) is 18.9 Å². The highest BCUT2D eigenvalue weighted by molar-refractivity contribution is 9.10. The minimum atomic E-state index is -5.30. The van der Waals surface area contributed by atoms with Gasteiger partial charge in [-0.05, 0) is 21.5 Å². The molecule has 0 spiro atoms. The van der Waals surface area contributed by atoms with Crippen LogP contribution in [-0.4, -0.2) is 43.0 Å². The molecule has 15 nitrogen and oxygen atoms in total. The first-order valence-corrected chi connectivity index (χ1v) is 10.7. The zero-order valence-corrected chi connectivity index (χ0v) is 16.4. The summed E-state index contributed by atoms with van der Waals surface area (Å²) in [5, 5.41) is 3.44. The summed E-state index contributed by atoms with van der Waals surface area (Å²) in [6.45, 7) is -0.743. The second-order valence-corrected chi connectivity index (χ2v) is 8.80. The maximum absolute atomic E-state index is 11.9. The lowest BCUT2D eigenvalue weighted by atomic mass is 10.1. The lowest BCUT2D eigenvalue weighted by Gasteiger charge is -2.18. The molecule has 1 aliphatic rings. The van der Waals surface area contributed by atoms with Gasteiger partial charge >= 0.3 is 21.3 Å². The van der Waals surface area contributed by atoms with Crippen LogP contribution >= 0.6 is 31.6 Å². The van der Waals surface area contributed by atoms with Crippen LogP contribution in [0.2, 0.25) is 0 Å². The number of H-pyrrole nitrogens is 1. The Hall–Kier alpha value is -1.31. The van der Waals surface area contributed by atoms with Crippen molar-refractivity contribution < 1.29 is 37.4 Å². The largest absolute Gasteiger partial charge is 0.481 e. The Balaban J connectivity index is 2.18. The van der Waals surface area contributed by atoms with E-state index in [2.05, 4.69) is 34.8 Å². The van der Waals surface area contributed by atoms with Gasteiger partial charge in [-0.2, -0.15) is 4.31 Å². The number of hydrogen-bond acceptors (Lipinski definition) is 8. The molecule has 2 rings (SSSR count). The number of hydrogen-bond donors (Lipinski definition) is 4. The van der Waals surface area contributed by atoms with Crippen molar-refractivity contribution in [3.63, 3.8) is 0 Å². The zero-order valence-electron chi connectivity index (χ0n) is 13.0. The Labute approximate surface area is 157 Å². The predicted octanol–water partition coefficient (Wildman–Crippen LogP) is 0.492. The van der Waals surface area contributed by atoms with E-state index >= 15 is 0 Å². The van der Waals surface area contributed by atoms with Crippen molar-refractivity contribution in [2.45, 2.75) is 24.8 Å². The number of phosphoric ester groups is 1. The van der Waals surface area contributed by atoms with E-state index in [0.717, 1.165) is 10.8 Å². The number of rotatable bonds is 7. The van der Waals surface area contributed by atoms with Crippen molar-refractivity contribution in [2.75, 3.05) is 6.61 Å². The Kier molecular flexibility index (Phi) is 6.81. The van der Waals surface area contributed by atoms with E-state index in [0.29, 0.717) is 0 Å². The van der Waals surface area contributed by atoms with Crippen LogP contribution in [0.4, 0.5) is 0 Å². The third-order valence-corrected chi connectivity index (χ3v) is 5.97. The fourth-order valence-electron chi connectivity index (χ4n) is 2.22. The molecule has 1 unspecified atom stereocenters. The van der Waals surface area contributed by atoms with E-state index in [1.807, 2.05) is 4.98 Å². The Bertz CT molecular complexity index is 967. The zero-order chi connectivity index (χ0) is 20.4. The van der Waals surface area contributed by atoms with Crippen LogP contribution in [-0.2, 0) is 22.7 Å². The molecule has 27 heavy (non-hydrogen) atoms. The molecule has 1 fully saturated rings. The molecule has 4 N–H and O–H groups in total. The van der Waals surface area contributed by atoms with Crippen LogP contribution in [0.1, 0.15) is 12.6 Å². The van der Waals surface area contributed by atoms with Gasteiger partial charge in [0.2, 0.25) is 0 Å². The second kappa shape index (κ2) is 8.37. The predicted molar refractivity (Wildman–Crippen MR) is 89.4 cm³/mol. The third kappa shape index (κ3) is 6.09. The van der Waals surface area contributed by atoms with Gasteiger partial charge in [-0.25, -0.2) is 13.9 Å². The molecule has 150 valence electrons. The Morgan fingerprint density at radius 1 is 1.44 bits per heavy atom. The second-order valence-electron chi connectivity index (χ2n) is 5.12. The fraction of sp³-hybridized carbons (Fsp3) is 0.556. The maximum atomic E-state index is 11.9. The average Bonchev–Trinajstić information content (AvgIpc) is 2.90. The van der Waals surface area contributed by atoms with E-state index in [-0.39, 0.29) is 10.9 Å². The molecule has 2 heterocycles. The average molecular weight is 492 g/mol. The quantitative estimate of drug-likeness (QED) is 0.178. The number of azide groups is 1. The van der Waals surface area contributed by atoms with Crippen molar-refractivity contribution in [2.24, 2.45) is 5.11 Å². The summed E-state index contributed by atoms with van der Waals surface area (Å²) < 4.78 is 36.7. The smallest absolute Gasteiger partial charge is 0.352 e. The molecule has 1 aromatic heterocycles. The summed E-state index contributed by atoms with van der Waals surface area (Å²) in [6, 6.07) is -0.951. The highest BCUT2D eigenvalue weighted by Crippen LogP contribution is 2.57. The first kappa shape index (κ1) is 22.0. The lowest BCUT2D eigenvalue weighted by Crippen LogP contribution is -2.32. The van der Waals surface area contributed by atoms with Gasteiger partial charge in [-0.1, -0.05) is 5.11 Å². The van der Waals surface area contributed by atoms with Gasteiger partial charge in [0.15, 0.2) is 0 Å². The van der Waals surface area contributed by atoms with E-state index < -0.39 is 51.9 Å². The summed E-state index contributed by atoms with van der Waals surface area (Å²) in [6.07, 6.45) is -1.07. The lowest BCUT2D eigenvalue weighted by molar-refractivity contribution is -0.0268. The topological polar surface area (TPSA) is 226 Å². The van der Waals surface area contributed by atoms with Crippen molar-refractivity contribution in [1.82, 2.24) is 9.55 Å². The van der Waals surface area contributed by atoms with E-state index in [1.54, 1.807) is 0 Å². The molecule has 0 bridgehead atoms. The molecule has 1 saturated heterocycles. The minimum absolute atomic E-state index is 0.0284. The Morgan fingerprint density at radius 3 is 2.70 bits per heavy atom. The normalized spacial score (nSPS) is 25.0. The summed E-state index contributed by atoms with van der Waals surface area (Å²) in [4.78, 5) is 54.3. The van der Waals surface area contributed by atoms with Crippen molar-refractivity contribution in [1.29, 1.82) is 0 Å². The molecular formula is C9H12BrN5O10P2. The number of nitrogens with one attached hydrogen (secondary N) is 1. The van der Waals surface area contributed by atoms with Crippen molar-refractivity contribution in [3.05, 3.63) is 42.0 Å². The summed E-state index contributed by atoms with van der Waals surface area (Å²) in [7, 11) is -10.4. The standard InChI is InChI=1S/C9H12BrN5O10P2/c10-4-2-15(9(17)12-8(4)16)7-1-5(13-14-11)6(24-7)3-23-27(21,22)25-26(18,19)20/h2,5-7H,1,3H2,(H,21,22)(H,12,16,17)(H2,18,19,20)/t5-,6+,7+/m0/s1. The molecule has 4 atom stereocenters. The van der Waals surface area contributed by atoms with Crippen LogP contribution in [0.25, 0.3) is 10.4 Å². The summed E-state index contributed by atoms with van der Waals surface area (Å²) >= 11 is 2.95. The van der Waals surface area contributed by atoms with Gasteiger partial charge in [0.05, 0.1) is 23.2 Å². The van der Waals surface area contributed by atoms with E-state index in [1.165, 1.54) is 0 Å². The highest BCUT2D eigenvalue weighted by atomic mass is 79.9. The van der Waals surface area contributed by atoms with Crippen molar-refractivity contribution in [3.8, 4) is 0 Å². The number of nitrogens with zero attached hydrogens (tertiary/aromatic N) is 4. The number of halogens is 1. The maximum Gasteiger partial charge on any atom is 0.481 e. The Morgan fingerprint density at radius 2 is 2.11 bits per heavy atom. The van der Waals surface area contributed by atoms with Gasteiger partial charge in [0.1, 0.15) is 6.23 Å². The molecule has 1 aliphatic heterocycles. The SMILES string of the molecule is [N-]=[N+]=N[C@H]1C[C@H](n2cc(Br)c(=O)[nH]c2=O)O[C@@H]1COP(=O)(O)OP(=O)(O)O. The number of ether oxygens (including phenoxy) is 1. The van der Waals surface area contributed by atoms with E-state index in [9.17, 15) is 23.6 Å². The van der Waals surface area contributed by atoms with Gasteiger partial charge in [-0.15, -0.1) is 0 Å². The first-order valence-electron chi connectivity index (χ1n) is 6.87. The highest BCUT2D eigenvalue weighted by Gasteiger charge is 2.39. The number of phosphoric acid groups is 2. The minimum Gasteiger partial charge on any atom is -0.352 e. The van der Waals surface area contributed by atoms with Crippen LogP contribution in [0.5, 0.6) is 0 Å². The summed E-state index contributed by atoms with van der Waals surface area (Å²) in [5.41, 5.74) is 7.14. The number of aromatic nitrogens is 2. The monoisotopic (exact) mass is 491 g/mol. The van der Waals surface area contributed by atoms with Gasteiger partial charge in [0, 0.05) is 17.5 Å². The van der Waals surface area contributed by atoms with Crippen LogP contribution in [0.15, 0.2) is 25.4 Å². The molecule has 1 aromatic rings. The first-order chi connectivity index (χ1) is 12.4. The molecule has 0 radical (unpaired) electrons. The van der Waals surface area contributed by atoms with Crippen LogP contribution in [0, 0.1) is 0 Å². The molecule has 0 aliphatic carbocycles. The molecule has 0 saturated carbocycles. The molecule has 0 aromatic carbocycles. The van der Waals surface area contributed by atoms with Gasteiger partial charge in [0.25, 0.3) is 5.56 Å². The van der Waals surface area contributed by atoms with Crippen LogP contribution in [0.3, 0.4) is 0 Å². The van der Waals surface area contributed by atoms with E-state index in [4.69, 9.17) is 20.1 Å². The molecule has 0 amide bonds. The van der Waals surface area contributed by atoms with Gasteiger partial charge < -0.3 is 19.4 Å². The molecular weight excluding hydrogens is 480 g/mol. The molecule has 18 heteroatoms. The summed E-state index contributed by atoms with van der Waals surface area (Å²) in [5.74, 6) is 0. The number of aromatic amines is 1. The fourth-order valence-corrected chi connectivity index (χ4v) is 4.14. The third-order valence-electron chi connectivity index (χ3n) is 3.25. The van der Waals surface area contributed by atoms with Crippen LogP contribution < -0.4 is 11.2 Å².